The van der Waals surface area contributed by atoms with Crippen molar-refractivity contribution in [2.75, 3.05) is 11.9 Å². The van der Waals surface area contributed by atoms with Gasteiger partial charge in [-0.25, -0.2) is 0 Å². The SMILES string of the molecule is N#Cc1cccc(NC(=O)CCNC(=O)c2cccs2)c1. The second-order valence-corrected chi connectivity index (χ2v) is 5.17. The maximum atomic E-state index is 11.7. The number of benzene rings is 1. The Bertz CT molecular complexity index is 674. The number of hydrogen-bond acceptors (Lipinski definition) is 4. The number of nitrogens with one attached hydrogen (secondary N) is 2. The highest BCUT2D eigenvalue weighted by Crippen LogP contribution is 2.10. The van der Waals surface area contributed by atoms with Crippen LogP contribution >= 0.6 is 11.3 Å². The first-order valence-corrected chi connectivity index (χ1v) is 7.19. The number of hydrogen-bond donors (Lipinski definition) is 2. The third-order valence-electron chi connectivity index (χ3n) is 2.66. The van der Waals surface area contributed by atoms with Gasteiger partial charge in [-0.1, -0.05) is 12.1 Å². The van der Waals surface area contributed by atoms with E-state index >= 15 is 0 Å². The van der Waals surface area contributed by atoms with Gasteiger partial charge in [0, 0.05) is 18.7 Å². The third kappa shape index (κ3) is 4.44. The maximum absolute atomic E-state index is 11.7. The summed E-state index contributed by atoms with van der Waals surface area (Å²) in [6.45, 7) is 0.264. The molecular weight excluding hydrogens is 286 g/mol. The van der Waals surface area contributed by atoms with Crippen molar-refractivity contribution in [3.8, 4) is 6.07 Å². The van der Waals surface area contributed by atoms with Crippen LogP contribution in [0.5, 0.6) is 0 Å². The van der Waals surface area contributed by atoms with E-state index < -0.39 is 0 Å². The normalized spacial score (nSPS) is 9.67. The molecule has 0 aliphatic carbocycles. The van der Waals surface area contributed by atoms with Gasteiger partial charge in [0.05, 0.1) is 16.5 Å². The van der Waals surface area contributed by atoms with Crippen LogP contribution in [0.3, 0.4) is 0 Å². The summed E-state index contributed by atoms with van der Waals surface area (Å²) in [6, 6.07) is 12.2. The smallest absolute Gasteiger partial charge is 0.261 e. The zero-order valence-electron chi connectivity index (χ0n) is 11.1. The molecule has 2 amide bonds. The Hall–Kier alpha value is -2.65. The molecule has 0 atom stereocenters. The molecule has 0 saturated heterocycles. The monoisotopic (exact) mass is 299 g/mol. The molecule has 106 valence electrons. The zero-order valence-corrected chi connectivity index (χ0v) is 11.9. The van der Waals surface area contributed by atoms with Crippen LogP contribution in [0.4, 0.5) is 5.69 Å². The van der Waals surface area contributed by atoms with Crippen LogP contribution in [0.2, 0.25) is 0 Å². The molecule has 0 bridgehead atoms. The Labute approximate surface area is 126 Å². The summed E-state index contributed by atoms with van der Waals surface area (Å²) in [5, 5.41) is 16.0. The molecule has 0 fully saturated rings. The molecule has 21 heavy (non-hydrogen) atoms. The first kappa shape index (κ1) is 14.8. The highest BCUT2D eigenvalue weighted by molar-refractivity contribution is 7.12. The van der Waals surface area contributed by atoms with E-state index in [1.54, 1.807) is 36.4 Å². The Morgan fingerprint density at radius 2 is 2.10 bits per heavy atom. The Balaban J connectivity index is 1.77. The lowest BCUT2D eigenvalue weighted by Gasteiger charge is -2.06. The van der Waals surface area contributed by atoms with Crippen LogP contribution in [0.15, 0.2) is 41.8 Å². The zero-order chi connectivity index (χ0) is 15.1. The second kappa shape index (κ2) is 7.22. The fourth-order valence-corrected chi connectivity index (χ4v) is 2.31. The van der Waals surface area contributed by atoms with Crippen LogP contribution in [0.25, 0.3) is 0 Å². The number of thiophene rings is 1. The summed E-state index contributed by atoms with van der Waals surface area (Å²) in [6.07, 6.45) is 0.175. The number of nitrogens with zero attached hydrogens (tertiary/aromatic N) is 1. The van der Waals surface area contributed by atoms with Crippen molar-refractivity contribution >= 4 is 28.8 Å². The summed E-state index contributed by atoms with van der Waals surface area (Å²) in [4.78, 5) is 24.0. The largest absolute Gasteiger partial charge is 0.351 e. The molecule has 0 spiro atoms. The molecule has 1 heterocycles. The van der Waals surface area contributed by atoms with E-state index in [0.29, 0.717) is 16.1 Å². The van der Waals surface area contributed by atoms with Crippen LogP contribution in [-0.2, 0) is 4.79 Å². The number of carbonyl (C=O) groups excluding carboxylic acids is 2. The summed E-state index contributed by atoms with van der Waals surface area (Å²) in [7, 11) is 0. The molecule has 0 saturated carbocycles. The van der Waals surface area contributed by atoms with Gasteiger partial charge < -0.3 is 10.6 Å². The molecular formula is C15H13N3O2S. The topological polar surface area (TPSA) is 82.0 Å². The van der Waals surface area contributed by atoms with Gasteiger partial charge in [-0.3, -0.25) is 9.59 Å². The molecule has 2 rings (SSSR count). The van der Waals surface area contributed by atoms with E-state index in [4.69, 9.17) is 5.26 Å². The van der Waals surface area contributed by atoms with Crippen molar-refractivity contribution in [1.29, 1.82) is 5.26 Å². The molecule has 0 unspecified atom stereocenters. The lowest BCUT2D eigenvalue weighted by atomic mass is 10.2. The number of amides is 2. The first-order valence-electron chi connectivity index (χ1n) is 6.31. The quantitative estimate of drug-likeness (QED) is 0.889. The van der Waals surface area contributed by atoms with Gasteiger partial charge in [0.2, 0.25) is 5.91 Å². The molecule has 1 aromatic heterocycles. The van der Waals surface area contributed by atoms with E-state index in [2.05, 4.69) is 10.6 Å². The number of rotatable bonds is 5. The number of anilines is 1. The van der Waals surface area contributed by atoms with Crippen molar-refractivity contribution in [2.45, 2.75) is 6.42 Å². The second-order valence-electron chi connectivity index (χ2n) is 4.22. The number of carbonyl (C=O) groups is 2. The van der Waals surface area contributed by atoms with Gasteiger partial charge in [0.1, 0.15) is 0 Å². The van der Waals surface area contributed by atoms with Crippen molar-refractivity contribution < 1.29 is 9.59 Å². The molecule has 1 aromatic carbocycles. The lowest BCUT2D eigenvalue weighted by molar-refractivity contribution is -0.116. The maximum Gasteiger partial charge on any atom is 0.261 e. The predicted molar refractivity (Wildman–Crippen MR) is 81.1 cm³/mol. The fourth-order valence-electron chi connectivity index (χ4n) is 1.67. The van der Waals surface area contributed by atoms with Crippen molar-refractivity contribution in [1.82, 2.24) is 5.32 Å². The van der Waals surface area contributed by atoms with E-state index in [1.165, 1.54) is 11.3 Å². The van der Waals surface area contributed by atoms with E-state index in [9.17, 15) is 9.59 Å². The van der Waals surface area contributed by atoms with Gasteiger partial charge >= 0.3 is 0 Å². The molecule has 5 nitrogen and oxygen atoms in total. The Kier molecular flexibility index (Phi) is 5.07. The summed E-state index contributed by atoms with van der Waals surface area (Å²) < 4.78 is 0. The van der Waals surface area contributed by atoms with Gasteiger partial charge in [-0.05, 0) is 29.6 Å². The third-order valence-corrected chi connectivity index (χ3v) is 3.53. The van der Waals surface area contributed by atoms with E-state index in [-0.39, 0.29) is 24.8 Å². The summed E-state index contributed by atoms with van der Waals surface area (Å²) >= 11 is 1.35. The molecule has 6 heteroatoms. The van der Waals surface area contributed by atoms with Gasteiger partial charge in [-0.15, -0.1) is 11.3 Å². The summed E-state index contributed by atoms with van der Waals surface area (Å²) in [5.41, 5.74) is 1.06. The standard InChI is InChI=1S/C15H13N3O2S/c16-10-11-3-1-4-12(9-11)18-14(19)6-7-17-15(20)13-5-2-8-21-13/h1-5,8-9H,6-7H2,(H,17,20)(H,18,19). The van der Waals surface area contributed by atoms with Crippen molar-refractivity contribution in [3.05, 3.63) is 52.2 Å². The van der Waals surface area contributed by atoms with Crippen molar-refractivity contribution in [3.63, 3.8) is 0 Å². The first-order chi connectivity index (χ1) is 10.2. The molecule has 2 aromatic rings. The minimum absolute atomic E-state index is 0.175. The molecule has 0 aliphatic heterocycles. The van der Waals surface area contributed by atoms with Crippen LogP contribution < -0.4 is 10.6 Å². The Morgan fingerprint density at radius 3 is 2.81 bits per heavy atom. The van der Waals surface area contributed by atoms with Crippen LogP contribution in [0, 0.1) is 11.3 Å². The summed E-state index contributed by atoms with van der Waals surface area (Å²) in [5.74, 6) is -0.388. The van der Waals surface area contributed by atoms with E-state index in [1.807, 2.05) is 11.4 Å². The predicted octanol–water partition coefficient (Wildman–Crippen LogP) is 2.38. The van der Waals surface area contributed by atoms with Crippen LogP contribution in [0.1, 0.15) is 21.7 Å². The highest BCUT2D eigenvalue weighted by Gasteiger charge is 2.07. The average Bonchev–Trinajstić information content (AvgIpc) is 3.01. The minimum Gasteiger partial charge on any atom is -0.351 e. The average molecular weight is 299 g/mol. The molecule has 2 N–H and O–H groups in total. The lowest BCUT2D eigenvalue weighted by Crippen LogP contribution is -2.27. The van der Waals surface area contributed by atoms with Gasteiger partial charge in [0.25, 0.3) is 5.91 Å². The Morgan fingerprint density at radius 1 is 1.24 bits per heavy atom. The minimum atomic E-state index is -0.212. The highest BCUT2D eigenvalue weighted by atomic mass is 32.1. The molecule has 0 aliphatic rings. The van der Waals surface area contributed by atoms with Crippen LogP contribution in [-0.4, -0.2) is 18.4 Å². The van der Waals surface area contributed by atoms with E-state index in [0.717, 1.165) is 0 Å². The number of nitriles is 1. The van der Waals surface area contributed by atoms with Crippen molar-refractivity contribution in [2.24, 2.45) is 0 Å². The molecule has 0 radical (unpaired) electrons. The fraction of sp³-hybridized carbons (Fsp3) is 0.133. The van der Waals surface area contributed by atoms with Gasteiger partial charge in [0.15, 0.2) is 0 Å². The van der Waals surface area contributed by atoms with Gasteiger partial charge in [-0.2, -0.15) is 5.26 Å².